The summed E-state index contributed by atoms with van der Waals surface area (Å²) < 4.78 is 13.3. The zero-order valence-electron chi connectivity index (χ0n) is 9.48. The molecule has 6 heteroatoms. The molecular formula is C12H11FN2O3. The molecule has 1 N–H and O–H groups in total. The van der Waals surface area contributed by atoms with E-state index < -0.39 is 11.7 Å². The highest BCUT2D eigenvalue weighted by molar-refractivity contribution is 6.06. The highest BCUT2D eigenvalue weighted by Gasteiger charge is 2.30. The summed E-state index contributed by atoms with van der Waals surface area (Å²) in [6.45, 7) is -0.369. The van der Waals surface area contributed by atoms with Gasteiger partial charge >= 0.3 is 0 Å². The number of hydrogen-bond acceptors (Lipinski definition) is 3. The number of rotatable bonds is 3. The lowest BCUT2D eigenvalue weighted by molar-refractivity contribution is -0.141. The number of nitrogens with one attached hydrogen (secondary N) is 1. The third-order valence-corrected chi connectivity index (χ3v) is 2.60. The van der Waals surface area contributed by atoms with Crippen LogP contribution in [0.5, 0.6) is 0 Å². The fraction of sp³-hybridized carbons (Fsp3) is 0.250. The number of para-hydroxylation sites is 1. The summed E-state index contributed by atoms with van der Waals surface area (Å²) in [5.74, 6) is -1.90. The van der Waals surface area contributed by atoms with E-state index in [1.807, 2.05) is 0 Å². The predicted octanol–water partition coefficient (Wildman–Crippen LogP) is 0.913. The Hall–Kier alpha value is -2.24. The van der Waals surface area contributed by atoms with Crippen LogP contribution in [-0.2, 0) is 14.4 Å². The van der Waals surface area contributed by atoms with Crippen molar-refractivity contribution in [3.63, 3.8) is 0 Å². The summed E-state index contributed by atoms with van der Waals surface area (Å²) in [5, 5.41) is 2.32. The minimum atomic E-state index is -0.594. The first kappa shape index (κ1) is 12.2. The summed E-state index contributed by atoms with van der Waals surface area (Å²) in [4.78, 5) is 35.1. The number of carbonyl (C=O) groups excluding carboxylic acids is 3. The van der Waals surface area contributed by atoms with Crippen molar-refractivity contribution in [3.8, 4) is 0 Å². The molecule has 0 atom stereocenters. The smallest absolute Gasteiger partial charge is 0.244 e. The molecule has 5 nitrogen and oxygen atoms in total. The van der Waals surface area contributed by atoms with Gasteiger partial charge in [0.25, 0.3) is 0 Å². The van der Waals surface area contributed by atoms with Gasteiger partial charge in [0.05, 0.1) is 5.69 Å². The number of nitrogens with zero attached hydrogens (tertiary/aromatic N) is 1. The summed E-state index contributed by atoms with van der Waals surface area (Å²) in [7, 11) is 0. The standard InChI is InChI=1S/C12H11FN2O3/c13-8-3-1-2-4-9(8)14-10(16)7-15-11(17)5-6-12(15)18/h1-4H,5-7H2,(H,14,16). The third-order valence-electron chi connectivity index (χ3n) is 2.60. The van der Waals surface area contributed by atoms with Gasteiger partial charge < -0.3 is 5.32 Å². The lowest BCUT2D eigenvalue weighted by Gasteiger charge is -2.13. The molecule has 0 aromatic heterocycles. The molecule has 2 rings (SSSR count). The van der Waals surface area contributed by atoms with Crippen LogP contribution in [0.1, 0.15) is 12.8 Å². The maximum absolute atomic E-state index is 13.3. The molecule has 1 aromatic rings. The number of likely N-dealkylation sites (tertiary alicyclic amines) is 1. The van der Waals surface area contributed by atoms with E-state index in [2.05, 4.69) is 5.32 Å². The van der Waals surface area contributed by atoms with Gasteiger partial charge in [-0.1, -0.05) is 12.1 Å². The Morgan fingerprint density at radius 1 is 1.22 bits per heavy atom. The first-order valence-corrected chi connectivity index (χ1v) is 5.45. The van der Waals surface area contributed by atoms with Gasteiger partial charge in [-0.15, -0.1) is 0 Å². The van der Waals surface area contributed by atoms with Crippen LogP contribution in [0.4, 0.5) is 10.1 Å². The predicted molar refractivity (Wildman–Crippen MR) is 61.0 cm³/mol. The number of amides is 3. The van der Waals surface area contributed by atoms with E-state index in [1.54, 1.807) is 6.07 Å². The number of anilines is 1. The Labute approximate surface area is 103 Å². The Morgan fingerprint density at radius 3 is 2.44 bits per heavy atom. The van der Waals surface area contributed by atoms with Gasteiger partial charge in [0.1, 0.15) is 12.4 Å². The van der Waals surface area contributed by atoms with Crippen LogP contribution in [0.15, 0.2) is 24.3 Å². The lowest BCUT2D eigenvalue weighted by atomic mass is 10.3. The maximum Gasteiger partial charge on any atom is 0.244 e. The minimum Gasteiger partial charge on any atom is -0.322 e. The maximum atomic E-state index is 13.3. The Balaban J connectivity index is 1.99. The van der Waals surface area contributed by atoms with Crippen molar-refractivity contribution in [1.82, 2.24) is 4.90 Å². The van der Waals surface area contributed by atoms with E-state index in [9.17, 15) is 18.8 Å². The van der Waals surface area contributed by atoms with Crippen LogP contribution in [-0.4, -0.2) is 29.2 Å². The van der Waals surface area contributed by atoms with E-state index in [-0.39, 0.29) is 36.9 Å². The Kier molecular flexibility index (Phi) is 3.36. The molecule has 0 unspecified atom stereocenters. The number of imide groups is 1. The lowest BCUT2D eigenvalue weighted by Crippen LogP contribution is -2.37. The van der Waals surface area contributed by atoms with Crippen molar-refractivity contribution in [3.05, 3.63) is 30.1 Å². The average molecular weight is 250 g/mol. The van der Waals surface area contributed by atoms with Crippen LogP contribution in [0.3, 0.4) is 0 Å². The average Bonchev–Trinajstić information content (AvgIpc) is 2.64. The highest BCUT2D eigenvalue weighted by atomic mass is 19.1. The molecule has 0 saturated carbocycles. The second-order valence-corrected chi connectivity index (χ2v) is 3.90. The fourth-order valence-corrected chi connectivity index (χ4v) is 1.70. The van der Waals surface area contributed by atoms with E-state index in [1.165, 1.54) is 18.2 Å². The normalized spacial score (nSPS) is 15.1. The summed E-state index contributed by atoms with van der Waals surface area (Å²) in [6.07, 6.45) is 0.262. The van der Waals surface area contributed by atoms with Crippen molar-refractivity contribution >= 4 is 23.4 Å². The van der Waals surface area contributed by atoms with Gasteiger partial charge in [0, 0.05) is 12.8 Å². The molecule has 0 aliphatic carbocycles. The van der Waals surface area contributed by atoms with Crippen LogP contribution in [0, 0.1) is 5.82 Å². The first-order valence-electron chi connectivity index (χ1n) is 5.45. The quantitative estimate of drug-likeness (QED) is 0.811. The molecular weight excluding hydrogens is 239 g/mol. The molecule has 1 aliphatic heterocycles. The zero-order chi connectivity index (χ0) is 13.1. The van der Waals surface area contributed by atoms with Crippen molar-refractivity contribution in [2.75, 3.05) is 11.9 Å². The molecule has 1 aliphatic rings. The summed E-state index contributed by atoms with van der Waals surface area (Å²) in [5.41, 5.74) is 0.0293. The topological polar surface area (TPSA) is 66.5 Å². The number of hydrogen-bond donors (Lipinski definition) is 1. The molecule has 1 saturated heterocycles. The van der Waals surface area contributed by atoms with Crippen molar-refractivity contribution in [1.29, 1.82) is 0 Å². The minimum absolute atomic E-state index is 0.0293. The third kappa shape index (κ3) is 2.53. The molecule has 18 heavy (non-hydrogen) atoms. The van der Waals surface area contributed by atoms with Gasteiger partial charge in [-0.2, -0.15) is 0 Å². The van der Waals surface area contributed by atoms with Crippen molar-refractivity contribution in [2.45, 2.75) is 12.8 Å². The summed E-state index contributed by atoms with van der Waals surface area (Å²) >= 11 is 0. The van der Waals surface area contributed by atoms with E-state index in [4.69, 9.17) is 0 Å². The van der Waals surface area contributed by atoms with Crippen molar-refractivity contribution in [2.24, 2.45) is 0 Å². The SMILES string of the molecule is O=C(CN1C(=O)CCC1=O)Nc1ccccc1F. The van der Waals surface area contributed by atoms with Crippen LogP contribution >= 0.6 is 0 Å². The van der Waals surface area contributed by atoms with Gasteiger partial charge in [0.2, 0.25) is 17.7 Å². The largest absolute Gasteiger partial charge is 0.322 e. The van der Waals surface area contributed by atoms with Gasteiger partial charge in [-0.25, -0.2) is 4.39 Å². The monoisotopic (exact) mass is 250 g/mol. The highest BCUT2D eigenvalue weighted by Crippen LogP contribution is 2.14. The first-order chi connectivity index (χ1) is 8.58. The molecule has 1 heterocycles. The van der Waals surface area contributed by atoms with Crippen LogP contribution in [0.25, 0.3) is 0 Å². The van der Waals surface area contributed by atoms with Crippen LogP contribution in [0.2, 0.25) is 0 Å². The number of halogens is 1. The second-order valence-electron chi connectivity index (χ2n) is 3.90. The van der Waals surface area contributed by atoms with Gasteiger partial charge in [-0.05, 0) is 12.1 Å². The van der Waals surface area contributed by atoms with E-state index >= 15 is 0 Å². The van der Waals surface area contributed by atoms with E-state index in [0.29, 0.717) is 0 Å². The summed E-state index contributed by atoms with van der Waals surface area (Å²) in [6, 6.07) is 5.69. The zero-order valence-corrected chi connectivity index (χ0v) is 9.48. The van der Waals surface area contributed by atoms with Gasteiger partial charge in [0.15, 0.2) is 0 Å². The Morgan fingerprint density at radius 2 is 1.83 bits per heavy atom. The molecule has 0 bridgehead atoms. The van der Waals surface area contributed by atoms with Crippen LogP contribution < -0.4 is 5.32 Å². The van der Waals surface area contributed by atoms with E-state index in [0.717, 1.165) is 4.90 Å². The van der Waals surface area contributed by atoms with Gasteiger partial charge in [-0.3, -0.25) is 19.3 Å². The molecule has 1 fully saturated rings. The van der Waals surface area contributed by atoms with Crippen molar-refractivity contribution < 1.29 is 18.8 Å². The number of benzene rings is 1. The molecule has 0 radical (unpaired) electrons. The number of carbonyl (C=O) groups is 3. The molecule has 3 amide bonds. The fourth-order valence-electron chi connectivity index (χ4n) is 1.70. The molecule has 1 aromatic carbocycles. The Bertz CT molecular complexity index is 500. The second kappa shape index (κ2) is 4.95. The molecule has 0 spiro atoms. The molecule has 94 valence electrons.